The van der Waals surface area contributed by atoms with Crippen LogP contribution < -0.4 is 14.8 Å². The standard InChI is InChI=1S/C24H35NO9/c1-7-21(26)33-19-10-9-17(12-20(19)34-22(27)8-2)11-18(23(28)30-6)25-13-16(5)32-24(29)31-14-15(3)4/h9-10,12,15-16,18,25H,7-8,11,13-14H2,1-6H3/t16?,18-/m0/s1. The Morgan fingerprint density at radius 1 is 0.941 bits per heavy atom. The molecule has 1 N–H and O–H groups in total. The number of esters is 3. The lowest BCUT2D eigenvalue weighted by Gasteiger charge is -2.20. The summed E-state index contributed by atoms with van der Waals surface area (Å²) in [6.45, 7) is 9.19. The zero-order valence-electron chi connectivity index (χ0n) is 20.7. The second-order valence-corrected chi connectivity index (χ2v) is 8.01. The quantitative estimate of drug-likeness (QED) is 0.331. The number of hydrogen-bond acceptors (Lipinski definition) is 10. The molecule has 2 atom stereocenters. The van der Waals surface area contributed by atoms with Gasteiger partial charge in [0.1, 0.15) is 12.1 Å². The first-order valence-corrected chi connectivity index (χ1v) is 11.3. The summed E-state index contributed by atoms with van der Waals surface area (Å²) in [6, 6.07) is 3.92. The number of ether oxygens (including phenoxy) is 5. The average Bonchev–Trinajstić information content (AvgIpc) is 2.80. The molecule has 0 radical (unpaired) electrons. The predicted octanol–water partition coefficient (Wildman–Crippen LogP) is 3.19. The third-order valence-corrected chi connectivity index (χ3v) is 4.44. The van der Waals surface area contributed by atoms with E-state index in [4.69, 9.17) is 23.7 Å². The van der Waals surface area contributed by atoms with Gasteiger partial charge in [0.25, 0.3) is 0 Å². The number of carbonyl (C=O) groups excluding carboxylic acids is 4. The van der Waals surface area contributed by atoms with Crippen molar-refractivity contribution in [3.05, 3.63) is 23.8 Å². The maximum Gasteiger partial charge on any atom is 0.508 e. The van der Waals surface area contributed by atoms with Gasteiger partial charge in [-0.1, -0.05) is 33.8 Å². The minimum Gasteiger partial charge on any atom is -0.468 e. The highest BCUT2D eigenvalue weighted by Crippen LogP contribution is 2.30. The van der Waals surface area contributed by atoms with Gasteiger partial charge in [-0.2, -0.15) is 0 Å². The number of hydrogen-bond donors (Lipinski definition) is 1. The van der Waals surface area contributed by atoms with Crippen LogP contribution in [0.5, 0.6) is 11.5 Å². The summed E-state index contributed by atoms with van der Waals surface area (Å²) in [5.41, 5.74) is 0.628. The summed E-state index contributed by atoms with van der Waals surface area (Å²) >= 11 is 0. The molecule has 0 bridgehead atoms. The largest absolute Gasteiger partial charge is 0.508 e. The molecule has 0 aliphatic rings. The van der Waals surface area contributed by atoms with Gasteiger partial charge in [-0.25, -0.2) is 4.79 Å². The Kier molecular flexibility index (Phi) is 12.7. The normalized spacial score (nSPS) is 12.4. The lowest BCUT2D eigenvalue weighted by atomic mass is 10.0. The van der Waals surface area contributed by atoms with Crippen molar-refractivity contribution < 1.29 is 42.9 Å². The van der Waals surface area contributed by atoms with Gasteiger partial charge in [0, 0.05) is 19.4 Å². The zero-order chi connectivity index (χ0) is 25.7. The van der Waals surface area contributed by atoms with E-state index in [-0.39, 0.29) is 49.8 Å². The van der Waals surface area contributed by atoms with Gasteiger partial charge in [0.2, 0.25) is 0 Å². The fourth-order valence-corrected chi connectivity index (χ4v) is 2.63. The summed E-state index contributed by atoms with van der Waals surface area (Å²) in [4.78, 5) is 47.6. The predicted molar refractivity (Wildman–Crippen MR) is 123 cm³/mol. The molecule has 1 unspecified atom stereocenters. The molecule has 0 aliphatic heterocycles. The number of rotatable bonds is 13. The van der Waals surface area contributed by atoms with Crippen LogP contribution in [-0.4, -0.2) is 56.5 Å². The van der Waals surface area contributed by atoms with E-state index in [1.807, 2.05) is 13.8 Å². The molecule has 10 nitrogen and oxygen atoms in total. The molecule has 0 aliphatic carbocycles. The molecule has 0 fully saturated rings. The Bertz CT molecular complexity index is 838. The lowest BCUT2D eigenvalue weighted by molar-refractivity contribution is -0.143. The average molecular weight is 482 g/mol. The van der Waals surface area contributed by atoms with Crippen LogP contribution in [0.2, 0.25) is 0 Å². The fourth-order valence-electron chi connectivity index (χ4n) is 2.63. The van der Waals surface area contributed by atoms with E-state index in [1.54, 1.807) is 26.8 Å². The molecule has 0 heterocycles. The second-order valence-electron chi connectivity index (χ2n) is 8.01. The first-order valence-electron chi connectivity index (χ1n) is 11.3. The Hall–Kier alpha value is -3.14. The van der Waals surface area contributed by atoms with Crippen molar-refractivity contribution >= 4 is 24.1 Å². The van der Waals surface area contributed by atoms with Crippen molar-refractivity contribution in [3.63, 3.8) is 0 Å². The van der Waals surface area contributed by atoms with Crippen LogP contribution in [0.15, 0.2) is 18.2 Å². The van der Waals surface area contributed by atoms with Gasteiger partial charge in [-0.05, 0) is 37.0 Å². The Morgan fingerprint density at radius 3 is 2.12 bits per heavy atom. The van der Waals surface area contributed by atoms with Crippen LogP contribution >= 0.6 is 0 Å². The van der Waals surface area contributed by atoms with E-state index in [1.165, 1.54) is 19.2 Å². The van der Waals surface area contributed by atoms with Gasteiger partial charge < -0.3 is 29.0 Å². The van der Waals surface area contributed by atoms with Crippen molar-refractivity contribution in [2.45, 2.75) is 66.0 Å². The van der Waals surface area contributed by atoms with Gasteiger partial charge in [-0.15, -0.1) is 0 Å². The van der Waals surface area contributed by atoms with Gasteiger partial charge >= 0.3 is 24.1 Å². The summed E-state index contributed by atoms with van der Waals surface area (Å²) in [6.07, 6.45) is -0.880. The van der Waals surface area contributed by atoms with Gasteiger partial charge in [0.05, 0.1) is 13.7 Å². The van der Waals surface area contributed by atoms with E-state index < -0.39 is 36.2 Å². The van der Waals surface area contributed by atoms with Crippen molar-refractivity contribution in [1.29, 1.82) is 0 Å². The number of nitrogens with one attached hydrogen (secondary N) is 1. The number of benzene rings is 1. The molecule has 10 heteroatoms. The summed E-state index contributed by atoms with van der Waals surface area (Å²) in [5.74, 6) is -1.12. The van der Waals surface area contributed by atoms with Crippen LogP contribution in [-0.2, 0) is 35.0 Å². The van der Waals surface area contributed by atoms with E-state index in [0.29, 0.717) is 5.56 Å². The highest BCUT2D eigenvalue weighted by Gasteiger charge is 2.23. The van der Waals surface area contributed by atoms with Crippen LogP contribution in [0.3, 0.4) is 0 Å². The second kappa shape index (κ2) is 14.9. The maximum atomic E-state index is 12.3. The topological polar surface area (TPSA) is 126 Å². The van der Waals surface area contributed by atoms with Gasteiger partial charge in [-0.3, -0.25) is 14.4 Å². The van der Waals surface area contributed by atoms with E-state index >= 15 is 0 Å². The van der Waals surface area contributed by atoms with E-state index in [0.717, 1.165) is 0 Å². The minimum atomic E-state index is -0.780. The molecular weight excluding hydrogens is 446 g/mol. The molecule has 0 amide bonds. The van der Waals surface area contributed by atoms with E-state index in [2.05, 4.69) is 5.32 Å². The van der Waals surface area contributed by atoms with Crippen LogP contribution in [0.1, 0.15) is 53.0 Å². The molecular formula is C24H35NO9. The number of carbonyl (C=O) groups is 4. The molecule has 0 saturated heterocycles. The SMILES string of the molecule is CCC(=O)Oc1ccc(C[C@H](NCC(C)OC(=O)OCC(C)C)C(=O)OC)cc1OC(=O)CC. The third-order valence-electron chi connectivity index (χ3n) is 4.44. The molecule has 0 aromatic heterocycles. The third kappa shape index (κ3) is 10.7. The first-order chi connectivity index (χ1) is 16.1. The summed E-state index contributed by atoms with van der Waals surface area (Å²) in [5, 5.41) is 3.02. The van der Waals surface area contributed by atoms with Crippen molar-refractivity contribution in [2.75, 3.05) is 20.3 Å². The van der Waals surface area contributed by atoms with E-state index in [9.17, 15) is 19.2 Å². The van der Waals surface area contributed by atoms with Crippen molar-refractivity contribution in [2.24, 2.45) is 5.92 Å². The van der Waals surface area contributed by atoms with Crippen molar-refractivity contribution in [3.8, 4) is 11.5 Å². The summed E-state index contributed by atoms with van der Waals surface area (Å²) < 4.78 is 25.6. The highest BCUT2D eigenvalue weighted by atomic mass is 16.7. The van der Waals surface area contributed by atoms with Gasteiger partial charge in [0.15, 0.2) is 11.5 Å². The zero-order valence-corrected chi connectivity index (χ0v) is 20.7. The fraction of sp³-hybridized carbons (Fsp3) is 0.583. The monoisotopic (exact) mass is 481 g/mol. The van der Waals surface area contributed by atoms with Crippen LogP contribution in [0, 0.1) is 5.92 Å². The lowest BCUT2D eigenvalue weighted by Crippen LogP contribution is -2.43. The Labute approximate surface area is 200 Å². The molecule has 1 aromatic carbocycles. The molecule has 1 aromatic rings. The number of methoxy groups -OCH3 is 1. The molecule has 0 saturated carbocycles. The Balaban J connectivity index is 2.90. The Morgan fingerprint density at radius 2 is 1.56 bits per heavy atom. The first kappa shape index (κ1) is 28.9. The van der Waals surface area contributed by atoms with Crippen LogP contribution in [0.4, 0.5) is 4.79 Å². The molecule has 34 heavy (non-hydrogen) atoms. The molecule has 1 rings (SSSR count). The smallest absolute Gasteiger partial charge is 0.468 e. The van der Waals surface area contributed by atoms with Crippen molar-refractivity contribution in [1.82, 2.24) is 5.32 Å². The van der Waals surface area contributed by atoms with Crippen LogP contribution in [0.25, 0.3) is 0 Å². The molecule has 0 spiro atoms. The maximum absolute atomic E-state index is 12.3. The summed E-state index contributed by atoms with van der Waals surface area (Å²) in [7, 11) is 1.27. The molecule has 190 valence electrons. The minimum absolute atomic E-state index is 0.0827. The highest BCUT2D eigenvalue weighted by molar-refractivity contribution is 5.77.